The molecule has 1 saturated heterocycles. The molecule has 3 rings (SSSR count). The first-order valence-corrected chi connectivity index (χ1v) is 11.3. The molecule has 0 saturated carbocycles. The lowest BCUT2D eigenvalue weighted by atomic mass is 10.0. The van der Waals surface area contributed by atoms with Crippen molar-refractivity contribution in [3.63, 3.8) is 0 Å². The lowest BCUT2D eigenvalue weighted by Gasteiger charge is -2.40. The van der Waals surface area contributed by atoms with E-state index in [2.05, 4.69) is 0 Å². The van der Waals surface area contributed by atoms with Crippen LogP contribution in [0.1, 0.15) is 19.4 Å². The summed E-state index contributed by atoms with van der Waals surface area (Å²) in [5, 5.41) is 10.5. The van der Waals surface area contributed by atoms with Gasteiger partial charge in [-0.15, -0.1) is 0 Å². The van der Waals surface area contributed by atoms with Gasteiger partial charge >= 0.3 is 16.4 Å². The number of thiocarbonyl (C=S) groups is 1. The summed E-state index contributed by atoms with van der Waals surface area (Å²) >= 11 is 5.18. The Hall–Kier alpha value is -3.01. The van der Waals surface area contributed by atoms with Crippen molar-refractivity contribution in [1.82, 2.24) is 0 Å². The van der Waals surface area contributed by atoms with E-state index in [1.54, 1.807) is 0 Å². The third-order valence-corrected chi connectivity index (χ3v) is 6.48. The highest BCUT2D eigenvalue weighted by Gasteiger charge is 2.65. The largest absolute Gasteiger partial charge is 0.423 e. The molecule has 1 aliphatic rings. The van der Waals surface area contributed by atoms with Gasteiger partial charge in [-0.1, -0.05) is 19.4 Å². The third kappa shape index (κ3) is 4.38. The van der Waals surface area contributed by atoms with Gasteiger partial charge in [-0.25, -0.2) is 0 Å². The van der Waals surface area contributed by atoms with Gasteiger partial charge in [-0.2, -0.15) is 13.2 Å². The normalized spacial score (nSPS) is 18.6. The molecule has 2 aromatic rings. The molecule has 0 radical (unpaired) electrons. The van der Waals surface area contributed by atoms with Crippen molar-refractivity contribution >= 4 is 50.5 Å². The first-order valence-electron chi connectivity index (χ1n) is 8.94. The fourth-order valence-corrected chi connectivity index (χ4v) is 4.53. The number of hydrogen-bond acceptors (Lipinski definition) is 4. The molecule has 1 heterocycles. The quantitative estimate of drug-likeness (QED) is 0.180. The van der Waals surface area contributed by atoms with Crippen molar-refractivity contribution in [1.29, 1.82) is 0 Å². The smallest absolute Gasteiger partial charge is 0.304 e. The molecule has 0 aliphatic carbocycles. The number of carbonyl (C=O) groups excluding carboxylic acids is 1. The molecule has 0 bridgehead atoms. The average Bonchev–Trinajstić information content (AvgIpc) is 2.83. The Labute approximate surface area is 191 Å². The van der Waals surface area contributed by atoms with Gasteiger partial charge in [0.15, 0.2) is 5.11 Å². The van der Waals surface area contributed by atoms with Crippen LogP contribution in [0.4, 0.5) is 49.7 Å². The van der Waals surface area contributed by atoms with Crippen LogP contribution in [0.2, 0.25) is 0 Å². The van der Waals surface area contributed by atoms with Gasteiger partial charge in [-0.05, 0) is 62.5 Å². The highest BCUT2D eigenvalue weighted by molar-refractivity contribution is 8.45. The second-order valence-electron chi connectivity index (χ2n) is 7.74. The number of nitro benzene ring substituents is 1. The molecule has 16 heteroatoms. The van der Waals surface area contributed by atoms with E-state index < -0.39 is 59.7 Å². The minimum Gasteiger partial charge on any atom is -0.304 e. The Morgan fingerprint density at radius 2 is 1.47 bits per heavy atom. The zero-order valence-corrected chi connectivity index (χ0v) is 18.6. The maximum atomic E-state index is 13.4. The number of hydrogen-bond donors (Lipinski definition) is 0. The summed E-state index contributed by atoms with van der Waals surface area (Å²) < 4.78 is 105. The summed E-state index contributed by atoms with van der Waals surface area (Å²) in [7, 11) is -9.97. The van der Waals surface area contributed by atoms with E-state index in [1.807, 2.05) is 0 Å². The molecular formula is C18H13F8N3O3S2. The number of alkyl halides is 3. The fourth-order valence-electron chi connectivity index (χ4n) is 3.36. The van der Waals surface area contributed by atoms with Crippen molar-refractivity contribution < 1.29 is 42.3 Å². The van der Waals surface area contributed by atoms with E-state index in [4.69, 9.17) is 12.2 Å². The molecule has 0 N–H and O–H groups in total. The van der Waals surface area contributed by atoms with Crippen molar-refractivity contribution in [2.24, 2.45) is 0 Å². The first kappa shape index (κ1) is 25.6. The van der Waals surface area contributed by atoms with E-state index in [-0.39, 0.29) is 17.8 Å². The zero-order valence-electron chi connectivity index (χ0n) is 16.9. The monoisotopic (exact) mass is 535 g/mol. The molecule has 0 unspecified atom stereocenters. The Morgan fingerprint density at radius 1 is 0.971 bits per heavy atom. The Kier molecular flexibility index (Phi) is 5.10. The van der Waals surface area contributed by atoms with Gasteiger partial charge in [0.1, 0.15) is 16.0 Å². The minimum atomic E-state index is -9.97. The molecule has 1 fully saturated rings. The Balaban J connectivity index is 2.10. The van der Waals surface area contributed by atoms with Crippen molar-refractivity contribution in [3.05, 3.63) is 58.1 Å². The molecule has 1 aliphatic heterocycles. The van der Waals surface area contributed by atoms with Crippen LogP contribution in [0.15, 0.2) is 47.4 Å². The number of rotatable bonds is 4. The minimum absolute atomic E-state index is 0.107. The van der Waals surface area contributed by atoms with Crippen molar-refractivity contribution in [2.45, 2.75) is 30.5 Å². The van der Waals surface area contributed by atoms with Crippen molar-refractivity contribution in [3.8, 4) is 0 Å². The Bertz CT molecular complexity index is 1230. The van der Waals surface area contributed by atoms with Gasteiger partial charge in [0.2, 0.25) is 0 Å². The predicted molar refractivity (Wildman–Crippen MR) is 113 cm³/mol. The number of nitrogens with zero attached hydrogens (tertiary/aromatic N) is 3. The molecule has 2 aromatic carbocycles. The Morgan fingerprint density at radius 3 is 1.91 bits per heavy atom. The van der Waals surface area contributed by atoms with Gasteiger partial charge in [0.25, 0.3) is 11.6 Å². The van der Waals surface area contributed by atoms with Crippen LogP contribution < -0.4 is 9.80 Å². The van der Waals surface area contributed by atoms with Crippen LogP contribution >= 0.6 is 22.4 Å². The summed E-state index contributed by atoms with van der Waals surface area (Å²) in [6.45, 7) is 2.52. The second kappa shape index (κ2) is 6.78. The molecule has 1 amide bonds. The molecule has 6 nitrogen and oxygen atoms in total. The number of nitro groups is 1. The van der Waals surface area contributed by atoms with E-state index in [1.165, 1.54) is 13.8 Å². The summed E-state index contributed by atoms with van der Waals surface area (Å²) in [5.41, 5.74) is -5.27. The lowest BCUT2D eigenvalue weighted by Crippen LogP contribution is -2.44. The fraction of sp³-hybridized carbons (Fsp3) is 0.222. The van der Waals surface area contributed by atoms with Gasteiger partial charge < -0.3 is 4.90 Å². The molecule has 34 heavy (non-hydrogen) atoms. The molecule has 186 valence electrons. The van der Waals surface area contributed by atoms with Crippen LogP contribution in [0.5, 0.6) is 0 Å². The van der Waals surface area contributed by atoms with Crippen LogP contribution in [-0.2, 0) is 11.0 Å². The molecule has 0 aromatic heterocycles. The highest BCUT2D eigenvalue weighted by Crippen LogP contribution is 3.02. The lowest BCUT2D eigenvalue weighted by molar-refractivity contribution is -0.388. The molecule has 0 atom stereocenters. The molecular weight excluding hydrogens is 522 g/mol. The number of anilines is 2. The van der Waals surface area contributed by atoms with E-state index in [0.29, 0.717) is 29.2 Å². The number of halogens is 8. The van der Waals surface area contributed by atoms with E-state index >= 15 is 0 Å². The van der Waals surface area contributed by atoms with Crippen molar-refractivity contribution in [2.75, 3.05) is 9.80 Å². The number of carbonyl (C=O) groups is 1. The van der Waals surface area contributed by atoms with Gasteiger partial charge in [-0.3, -0.25) is 19.8 Å². The standard InChI is InChI=1S/C18H13F8N3O3S2/c1-17(2)15(30)27(11-5-8-14(29(31)32)13(9-11)18(19,20)21)16(33)28(17)10-3-6-12(7-4-10)34(22,23,24,25)26/h3-9H,1-2H3. The maximum absolute atomic E-state index is 13.4. The van der Waals surface area contributed by atoms with E-state index in [9.17, 15) is 47.5 Å². The summed E-state index contributed by atoms with van der Waals surface area (Å²) in [4.78, 5) is 22.2. The average molecular weight is 535 g/mol. The molecule has 0 spiro atoms. The van der Waals surface area contributed by atoms with Crippen LogP contribution in [0.25, 0.3) is 0 Å². The summed E-state index contributed by atoms with van der Waals surface area (Å²) in [6, 6.07) is 3.25. The summed E-state index contributed by atoms with van der Waals surface area (Å²) in [5.74, 6) is -0.906. The van der Waals surface area contributed by atoms with Crippen LogP contribution in [0, 0.1) is 10.1 Å². The first-order chi connectivity index (χ1) is 15.1. The third-order valence-electron chi connectivity index (χ3n) is 4.95. The number of benzene rings is 2. The van der Waals surface area contributed by atoms with Crippen LogP contribution in [0.3, 0.4) is 0 Å². The second-order valence-corrected chi connectivity index (χ2v) is 10.5. The number of amides is 1. The van der Waals surface area contributed by atoms with Gasteiger partial charge in [0.05, 0.1) is 10.6 Å². The summed E-state index contributed by atoms with van der Waals surface area (Å²) in [6.07, 6.45) is -5.15. The SMILES string of the molecule is CC1(C)C(=O)N(c2ccc([N+](=O)[O-])c(C(F)(F)F)c2)C(=S)N1c1ccc(S(F)(F)(F)(F)F)cc1. The maximum Gasteiger partial charge on any atom is 0.423 e. The van der Waals surface area contributed by atoms with E-state index in [0.717, 1.165) is 11.0 Å². The predicted octanol–water partition coefficient (Wildman–Crippen LogP) is 7.19. The topological polar surface area (TPSA) is 66.7 Å². The van der Waals surface area contributed by atoms with Gasteiger partial charge in [0, 0.05) is 11.8 Å². The van der Waals surface area contributed by atoms with Crippen LogP contribution in [-0.4, -0.2) is 21.5 Å². The zero-order chi connectivity index (χ0) is 26.1. The highest BCUT2D eigenvalue weighted by atomic mass is 32.5.